The van der Waals surface area contributed by atoms with Gasteiger partial charge in [0.15, 0.2) is 0 Å². The van der Waals surface area contributed by atoms with Gasteiger partial charge in [0, 0.05) is 6.54 Å². The van der Waals surface area contributed by atoms with Gasteiger partial charge in [-0.25, -0.2) is 0 Å². The Morgan fingerprint density at radius 3 is 2.70 bits per heavy atom. The van der Waals surface area contributed by atoms with Crippen LogP contribution in [0.25, 0.3) is 0 Å². The van der Waals surface area contributed by atoms with Crippen LogP contribution in [0.3, 0.4) is 0 Å². The van der Waals surface area contributed by atoms with Crippen molar-refractivity contribution in [2.75, 3.05) is 12.4 Å². The minimum atomic E-state index is -0.0476. The van der Waals surface area contributed by atoms with Gasteiger partial charge in [0.2, 0.25) is 5.91 Å². The number of carbonyl (C=O) groups is 1. The molecule has 2 nitrogen and oxygen atoms in total. The van der Waals surface area contributed by atoms with Gasteiger partial charge in [0.1, 0.15) is 5.88 Å². The summed E-state index contributed by atoms with van der Waals surface area (Å²) in [5.74, 6) is 0.771. The highest BCUT2D eigenvalue weighted by atomic mass is 35.5. The molecule has 0 unspecified atom stereocenters. The van der Waals surface area contributed by atoms with Crippen LogP contribution in [-0.2, 0) is 4.79 Å². The van der Waals surface area contributed by atoms with Gasteiger partial charge in [-0.05, 0) is 18.8 Å². The van der Waals surface area contributed by atoms with Gasteiger partial charge >= 0.3 is 0 Å². The van der Waals surface area contributed by atoms with Crippen molar-refractivity contribution in [2.45, 2.75) is 19.3 Å². The van der Waals surface area contributed by atoms with E-state index in [1.165, 1.54) is 19.3 Å². The SMILES string of the molecule is O=C(CCl)NCC1CCC1. The number of rotatable bonds is 3. The molecule has 1 fully saturated rings. The summed E-state index contributed by atoms with van der Waals surface area (Å²) in [6, 6.07) is 0. The highest BCUT2D eigenvalue weighted by Crippen LogP contribution is 2.24. The second-order valence-electron chi connectivity index (χ2n) is 2.73. The topological polar surface area (TPSA) is 29.1 Å². The predicted octanol–water partition coefficient (Wildman–Crippen LogP) is 1.14. The van der Waals surface area contributed by atoms with Crippen LogP contribution in [-0.4, -0.2) is 18.3 Å². The van der Waals surface area contributed by atoms with E-state index in [0.717, 1.165) is 12.5 Å². The van der Waals surface area contributed by atoms with Crippen LogP contribution in [0, 0.1) is 5.92 Å². The molecule has 0 aromatic rings. The molecule has 1 saturated carbocycles. The zero-order chi connectivity index (χ0) is 7.40. The van der Waals surface area contributed by atoms with Crippen molar-refractivity contribution in [3.05, 3.63) is 0 Å². The maximum Gasteiger partial charge on any atom is 0.234 e. The van der Waals surface area contributed by atoms with Crippen molar-refractivity contribution in [2.24, 2.45) is 5.92 Å². The molecule has 0 aromatic heterocycles. The van der Waals surface area contributed by atoms with Crippen LogP contribution in [0.2, 0.25) is 0 Å². The van der Waals surface area contributed by atoms with Gasteiger partial charge in [0.05, 0.1) is 0 Å². The van der Waals surface area contributed by atoms with E-state index < -0.39 is 0 Å². The van der Waals surface area contributed by atoms with Gasteiger partial charge in [0.25, 0.3) is 0 Å². The highest BCUT2D eigenvalue weighted by Gasteiger charge is 2.17. The Kier molecular flexibility index (Phi) is 3.00. The van der Waals surface area contributed by atoms with Gasteiger partial charge in [-0.15, -0.1) is 11.6 Å². The molecule has 0 heterocycles. The summed E-state index contributed by atoms with van der Waals surface area (Å²) >= 11 is 5.28. The molecule has 58 valence electrons. The number of hydrogen-bond donors (Lipinski definition) is 1. The van der Waals surface area contributed by atoms with E-state index in [-0.39, 0.29) is 11.8 Å². The van der Waals surface area contributed by atoms with E-state index in [9.17, 15) is 4.79 Å². The lowest BCUT2D eigenvalue weighted by Gasteiger charge is -2.25. The van der Waals surface area contributed by atoms with Crippen LogP contribution in [0.4, 0.5) is 0 Å². The summed E-state index contributed by atoms with van der Waals surface area (Å²) in [7, 11) is 0. The summed E-state index contributed by atoms with van der Waals surface area (Å²) in [5, 5.41) is 2.76. The first-order valence-electron chi connectivity index (χ1n) is 3.65. The molecule has 0 spiro atoms. The Morgan fingerprint density at radius 2 is 2.30 bits per heavy atom. The molecule has 0 bridgehead atoms. The van der Waals surface area contributed by atoms with E-state index in [1.54, 1.807) is 0 Å². The van der Waals surface area contributed by atoms with E-state index in [1.807, 2.05) is 0 Å². The van der Waals surface area contributed by atoms with Gasteiger partial charge in [-0.2, -0.15) is 0 Å². The summed E-state index contributed by atoms with van der Waals surface area (Å²) in [6.07, 6.45) is 3.85. The van der Waals surface area contributed by atoms with E-state index in [4.69, 9.17) is 11.6 Å². The summed E-state index contributed by atoms with van der Waals surface area (Å²) in [6.45, 7) is 0.825. The third-order valence-electron chi connectivity index (χ3n) is 1.93. The van der Waals surface area contributed by atoms with Crippen LogP contribution >= 0.6 is 11.6 Å². The van der Waals surface area contributed by atoms with E-state index in [0.29, 0.717) is 0 Å². The highest BCUT2D eigenvalue weighted by molar-refractivity contribution is 6.27. The van der Waals surface area contributed by atoms with Crippen molar-refractivity contribution >= 4 is 17.5 Å². The molecule has 10 heavy (non-hydrogen) atoms. The van der Waals surface area contributed by atoms with Gasteiger partial charge < -0.3 is 5.32 Å². The fourth-order valence-corrected chi connectivity index (χ4v) is 1.10. The van der Waals surface area contributed by atoms with Crippen molar-refractivity contribution < 1.29 is 4.79 Å². The molecule has 1 aliphatic rings. The standard InChI is InChI=1S/C7H12ClNO/c8-4-7(10)9-5-6-2-1-3-6/h6H,1-5H2,(H,9,10). The molecule has 1 N–H and O–H groups in total. The van der Waals surface area contributed by atoms with Gasteiger partial charge in [-0.3, -0.25) is 4.79 Å². The first-order chi connectivity index (χ1) is 4.83. The normalized spacial score (nSPS) is 18.1. The average Bonchev–Trinajstić information content (AvgIpc) is 1.84. The van der Waals surface area contributed by atoms with Crippen molar-refractivity contribution in [3.8, 4) is 0 Å². The summed E-state index contributed by atoms with van der Waals surface area (Å²) < 4.78 is 0. The molecule has 1 rings (SSSR count). The Balaban J connectivity index is 1.98. The fraction of sp³-hybridized carbons (Fsp3) is 0.857. The Hall–Kier alpha value is -0.240. The van der Waals surface area contributed by atoms with Crippen LogP contribution in [0.1, 0.15) is 19.3 Å². The lowest BCUT2D eigenvalue weighted by molar-refractivity contribution is -0.118. The molecule has 0 aromatic carbocycles. The molecule has 0 atom stereocenters. The van der Waals surface area contributed by atoms with Gasteiger partial charge in [-0.1, -0.05) is 6.42 Å². The van der Waals surface area contributed by atoms with Crippen LogP contribution in [0.15, 0.2) is 0 Å². The summed E-state index contributed by atoms with van der Waals surface area (Å²) in [4.78, 5) is 10.6. The molecule has 1 amide bonds. The zero-order valence-electron chi connectivity index (χ0n) is 5.90. The summed E-state index contributed by atoms with van der Waals surface area (Å²) in [5.41, 5.74) is 0. The second kappa shape index (κ2) is 3.81. The third-order valence-corrected chi connectivity index (χ3v) is 2.18. The minimum Gasteiger partial charge on any atom is -0.355 e. The minimum absolute atomic E-state index is 0.0476. The number of amides is 1. The van der Waals surface area contributed by atoms with Crippen molar-refractivity contribution in [3.63, 3.8) is 0 Å². The predicted molar refractivity (Wildman–Crippen MR) is 41.1 cm³/mol. The quantitative estimate of drug-likeness (QED) is 0.618. The van der Waals surface area contributed by atoms with E-state index in [2.05, 4.69) is 5.32 Å². The molecular weight excluding hydrogens is 150 g/mol. The number of hydrogen-bond acceptors (Lipinski definition) is 1. The number of carbonyl (C=O) groups excluding carboxylic acids is 1. The second-order valence-corrected chi connectivity index (χ2v) is 3.00. The molecule has 0 aliphatic heterocycles. The van der Waals surface area contributed by atoms with Crippen LogP contribution in [0.5, 0.6) is 0 Å². The first-order valence-corrected chi connectivity index (χ1v) is 4.19. The Morgan fingerprint density at radius 1 is 1.60 bits per heavy atom. The smallest absolute Gasteiger partial charge is 0.234 e. The maximum absolute atomic E-state index is 10.6. The van der Waals surface area contributed by atoms with Crippen molar-refractivity contribution in [1.29, 1.82) is 0 Å². The number of halogens is 1. The molecule has 0 radical (unpaired) electrons. The molecular formula is C7H12ClNO. The fourth-order valence-electron chi connectivity index (χ4n) is 1.00. The zero-order valence-corrected chi connectivity index (χ0v) is 6.66. The number of nitrogens with one attached hydrogen (secondary N) is 1. The van der Waals surface area contributed by atoms with E-state index >= 15 is 0 Å². The molecule has 1 aliphatic carbocycles. The van der Waals surface area contributed by atoms with Crippen LogP contribution < -0.4 is 5.32 Å². The molecule has 3 heteroatoms. The third kappa shape index (κ3) is 2.18. The number of alkyl halides is 1. The Labute approximate surface area is 65.9 Å². The maximum atomic E-state index is 10.6. The monoisotopic (exact) mass is 161 g/mol. The lowest BCUT2D eigenvalue weighted by Crippen LogP contribution is -2.32. The lowest BCUT2D eigenvalue weighted by atomic mass is 9.85. The first kappa shape index (κ1) is 7.86. The largest absolute Gasteiger partial charge is 0.355 e. The molecule has 0 saturated heterocycles. The van der Waals surface area contributed by atoms with Crippen molar-refractivity contribution in [1.82, 2.24) is 5.32 Å². The average molecular weight is 162 g/mol. The Bertz CT molecular complexity index is 123.